The average molecular weight is 402 g/mol. The monoisotopic (exact) mass is 402 g/mol. The number of phenols is 1. The highest BCUT2D eigenvalue weighted by Gasteiger charge is 2.10. The van der Waals surface area contributed by atoms with Gasteiger partial charge in [-0.2, -0.15) is 0 Å². The Kier molecular flexibility index (Phi) is 8.45. The van der Waals surface area contributed by atoms with Gasteiger partial charge in [-0.05, 0) is 43.0 Å². The Morgan fingerprint density at radius 2 is 1.86 bits per heavy atom. The highest BCUT2D eigenvalue weighted by atomic mass is 16.5. The first-order valence-corrected chi connectivity index (χ1v) is 9.64. The Bertz CT molecular complexity index is 808. The van der Waals surface area contributed by atoms with E-state index in [4.69, 9.17) is 14.2 Å². The van der Waals surface area contributed by atoms with E-state index >= 15 is 0 Å². The van der Waals surface area contributed by atoms with Crippen molar-refractivity contribution in [2.24, 2.45) is 5.92 Å². The zero-order valence-electron chi connectivity index (χ0n) is 17.5. The van der Waals surface area contributed by atoms with E-state index in [1.54, 1.807) is 37.4 Å². The molecule has 2 aromatic carbocycles. The number of rotatable bonds is 10. The molecule has 0 aromatic heterocycles. The number of benzene rings is 2. The van der Waals surface area contributed by atoms with E-state index in [2.05, 4.69) is 24.5 Å². The molecule has 0 atom stereocenters. The van der Waals surface area contributed by atoms with E-state index in [9.17, 15) is 9.90 Å². The minimum atomic E-state index is -0.392. The van der Waals surface area contributed by atoms with Gasteiger partial charge >= 0.3 is 6.03 Å². The molecule has 2 rings (SSSR count). The highest BCUT2D eigenvalue weighted by molar-refractivity contribution is 5.89. The molecule has 0 fully saturated rings. The molecular formula is C22H30N2O5. The number of methoxy groups -OCH3 is 2. The molecule has 0 aliphatic rings. The van der Waals surface area contributed by atoms with Gasteiger partial charge in [-0.25, -0.2) is 4.79 Å². The first-order chi connectivity index (χ1) is 13.9. The third-order valence-electron chi connectivity index (χ3n) is 4.34. The lowest BCUT2D eigenvalue weighted by Gasteiger charge is -2.14. The van der Waals surface area contributed by atoms with E-state index in [1.807, 2.05) is 0 Å². The Balaban J connectivity index is 1.92. The van der Waals surface area contributed by atoms with E-state index in [0.29, 0.717) is 41.0 Å². The molecule has 158 valence electrons. The van der Waals surface area contributed by atoms with Crippen LogP contribution in [0.1, 0.15) is 32.3 Å². The maximum absolute atomic E-state index is 12.2. The second-order valence-electron chi connectivity index (χ2n) is 7.05. The second kappa shape index (κ2) is 11.0. The molecule has 0 saturated heterocycles. The number of carbonyl (C=O) groups is 1. The van der Waals surface area contributed by atoms with Crippen LogP contribution in [0.4, 0.5) is 10.5 Å². The Morgan fingerprint density at radius 1 is 1.07 bits per heavy atom. The number of amides is 2. The summed E-state index contributed by atoms with van der Waals surface area (Å²) < 4.78 is 16.2. The summed E-state index contributed by atoms with van der Waals surface area (Å²) >= 11 is 0. The van der Waals surface area contributed by atoms with Crippen LogP contribution >= 0.6 is 0 Å². The maximum atomic E-state index is 12.2. The van der Waals surface area contributed by atoms with Crippen LogP contribution in [0.2, 0.25) is 0 Å². The number of ether oxygens (including phenoxy) is 3. The third-order valence-corrected chi connectivity index (χ3v) is 4.34. The number of anilines is 1. The van der Waals surface area contributed by atoms with Crippen molar-refractivity contribution in [2.75, 3.05) is 26.1 Å². The van der Waals surface area contributed by atoms with Gasteiger partial charge in [0.05, 0.1) is 20.8 Å². The van der Waals surface area contributed by atoms with Gasteiger partial charge in [0.15, 0.2) is 11.5 Å². The zero-order valence-corrected chi connectivity index (χ0v) is 17.5. The molecule has 0 bridgehead atoms. The van der Waals surface area contributed by atoms with Gasteiger partial charge in [0.1, 0.15) is 11.5 Å². The third kappa shape index (κ3) is 7.10. The molecule has 7 nitrogen and oxygen atoms in total. The van der Waals surface area contributed by atoms with Gasteiger partial charge in [0.25, 0.3) is 0 Å². The van der Waals surface area contributed by atoms with Crippen molar-refractivity contribution >= 4 is 11.7 Å². The van der Waals surface area contributed by atoms with Gasteiger partial charge < -0.3 is 30.0 Å². The molecule has 2 aromatic rings. The summed E-state index contributed by atoms with van der Waals surface area (Å²) in [6, 6.07) is 9.76. The van der Waals surface area contributed by atoms with Crippen LogP contribution < -0.4 is 24.8 Å². The van der Waals surface area contributed by atoms with Crippen molar-refractivity contribution in [3.63, 3.8) is 0 Å². The molecule has 7 heteroatoms. The summed E-state index contributed by atoms with van der Waals surface area (Å²) in [7, 11) is 3.11. The maximum Gasteiger partial charge on any atom is 0.319 e. The Hall–Kier alpha value is -3.09. The van der Waals surface area contributed by atoms with E-state index < -0.39 is 6.03 Å². The number of carbonyl (C=O) groups excluding carboxylic acids is 1. The lowest BCUT2D eigenvalue weighted by Crippen LogP contribution is -2.28. The smallest absolute Gasteiger partial charge is 0.319 e. The SMILES string of the molecule is COc1ccc(CNC(=O)Nc2ccc(OC)c(OCCCC(C)C)c2)c(O)c1. The molecule has 29 heavy (non-hydrogen) atoms. The molecule has 0 spiro atoms. The highest BCUT2D eigenvalue weighted by Crippen LogP contribution is 2.30. The first kappa shape index (κ1) is 22.2. The molecule has 0 unspecified atom stereocenters. The van der Waals surface area contributed by atoms with Gasteiger partial charge in [-0.15, -0.1) is 0 Å². The summed E-state index contributed by atoms with van der Waals surface area (Å²) in [6.45, 7) is 5.11. The van der Waals surface area contributed by atoms with Crippen molar-refractivity contribution in [2.45, 2.75) is 33.2 Å². The van der Waals surface area contributed by atoms with E-state index in [1.165, 1.54) is 13.2 Å². The van der Waals surface area contributed by atoms with Crippen LogP contribution in [0.25, 0.3) is 0 Å². The van der Waals surface area contributed by atoms with Crippen LogP contribution in [0.15, 0.2) is 36.4 Å². The number of phenolic OH excluding ortho intramolecular Hbond substituents is 1. The standard InChI is InChI=1S/C22H30N2O5/c1-15(2)6-5-11-29-21-12-17(8-10-20(21)28-4)24-22(26)23-14-16-7-9-18(27-3)13-19(16)25/h7-10,12-13,15,25H,5-6,11,14H2,1-4H3,(H2,23,24,26). The quantitative estimate of drug-likeness (QED) is 0.508. The second-order valence-corrected chi connectivity index (χ2v) is 7.05. The summed E-state index contributed by atoms with van der Waals surface area (Å²) in [5.41, 5.74) is 1.17. The summed E-state index contributed by atoms with van der Waals surface area (Å²) in [5.74, 6) is 2.44. The minimum absolute atomic E-state index is 0.0613. The molecule has 0 saturated carbocycles. The van der Waals surface area contributed by atoms with Crippen molar-refractivity contribution in [1.29, 1.82) is 0 Å². The van der Waals surface area contributed by atoms with Crippen molar-refractivity contribution in [1.82, 2.24) is 5.32 Å². The zero-order chi connectivity index (χ0) is 21.2. The number of aromatic hydroxyl groups is 1. The molecule has 3 N–H and O–H groups in total. The van der Waals surface area contributed by atoms with Crippen molar-refractivity contribution < 1.29 is 24.1 Å². The molecular weight excluding hydrogens is 372 g/mol. The molecule has 0 aliphatic carbocycles. The van der Waals surface area contributed by atoms with Crippen LogP contribution in [0.5, 0.6) is 23.0 Å². The number of nitrogens with one attached hydrogen (secondary N) is 2. The summed E-state index contributed by atoms with van der Waals surface area (Å²) in [4.78, 5) is 12.2. The van der Waals surface area contributed by atoms with Crippen LogP contribution in [-0.2, 0) is 6.54 Å². The molecule has 2 amide bonds. The summed E-state index contributed by atoms with van der Waals surface area (Å²) in [5, 5.41) is 15.5. The normalized spacial score (nSPS) is 10.5. The summed E-state index contributed by atoms with van der Waals surface area (Å²) in [6.07, 6.45) is 2.03. The number of hydrogen-bond donors (Lipinski definition) is 3. The molecule has 0 radical (unpaired) electrons. The fraction of sp³-hybridized carbons (Fsp3) is 0.409. The fourth-order valence-corrected chi connectivity index (χ4v) is 2.71. The topological polar surface area (TPSA) is 89.1 Å². The lowest BCUT2D eigenvalue weighted by atomic mass is 10.1. The predicted octanol–water partition coefficient (Wildman–Crippen LogP) is 4.55. The van der Waals surface area contributed by atoms with E-state index in [-0.39, 0.29) is 12.3 Å². The van der Waals surface area contributed by atoms with Crippen LogP contribution in [0, 0.1) is 5.92 Å². The molecule has 0 aliphatic heterocycles. The van der Waals surface area contributed by atoms with E-state index in [0.717, 1.165) is 12.8 Å². The van der Waals surface area contributed by atoms with Crippen LogP contribution in [0.3, 0.4) is 0 Å². The number of hydrogen-bond acceptors (Lipinski definition) is 5. The average Bonchev–Trinajstić information content (AvgIpc) is 2.70. The number of urea groups is 1. The largest absolute Gasteiger partial charge is 0.507 e. The minimum Gasteiger partial charge on any atom is -0.507 e. The van der Waals surface area contributed by atoms with Crippen molar-refractivity contribution in [3.8, 4) is 23.0 Å². The first-order valence-electron chi connectivity index (χ1n) is 9.64. The predicted molar refractivity (Wildman–Crippen MR) is 113 cm³/mol. The van der Waals surface area contributed by atoms with Gasteiger partial charge in [-0.1, -0.05) is 13.8 Å². The van der Waals surface area contributed by atoms with Gasteiger partial charge in [0, 0.05) is 29.9 Å². The lowest BCUT2D eigenvalue weighted by molar-refractivity contribution is 0.251. The Labute approximate surface area is 172 Å². The van der Waals surface area contributed by atoms with Crippen LogP contribution in [-0.4, -0.2) is 32.0 Å². The fourth-order valence-electron chi connectivity index (χ4n) is 2.71. The Morgan fingerprint density at radius 3 is 2.52 bits per heavy atom. The van der Waals surface area contributed by atoms with Gasteiger partial charge in [0.2, 0.25) is 0 Å². The van der Waals surface area contributed by atoms with Gasteiger partial charge in [-0.3, -0.25) is 0 Å². The van der Waals surface area contributed by atoms with Crippen molar-refractivity contribution in [3.05, 3.63) is 42.0 Å². The molecule has 0 heterocycles.